The zero-order valence-electron chi connectivity index (χ0n) is 13.2. The summed E-state index contributed by atoms with van der Waals surface area (Å²) in [7, 11) is 0. The smallest absolute Gasteiger partial charge is 0.0630 e. The van der Waals surface area contributed by atoms with Gasteiger partial charge in [-0.3, -0.25) is 0 Å². The highest BCUT2D eigenvalue weighted by molar-refractivity contribution is 7.99. The van der Waals surface area contributed by atoms with E-state index in [4.69, 9.17) is 0 Å². The van der Waals surface area contributed by atoms with Crippen LogP contribution in [0.2, 0.25) is 0 Å². The van der Waals surface area contributed by atoms with E-state index in [0.29, 0.717) is 0 Å². The third-order valence-electron chi connectivity index (χ3n) is 3.91. The molecule has 0 saturated carbocycles. The SMILES string of the molecule is CCCCCCC(O)CSCCCN1CCCCC1.Cl. The maximum absolute atomic E-state index is 9.87. The van der Waals surface area contributed by atoms with Gasteiger partial charge in [0, 0.05) is 5.75 Å². The molecule has 1 N–H and O–H groups in total. The molecule has 0 amide bonds. The number of hydrogen-bond donors (Lipinski definition) is 1. The molecule has 1 unspecified atom stereocenters. The molecule has 0 aromatic rings. The van der Waals surface area contributed by atoms with Gasteiger partial charge < -0.3 is 10.0 Å². The first kappa shape index (κ1) is 20.6. The highest BCUT2D eigenvalue weighted by Gasteiger charge is 2.09. The first-order valence-corrected chi connectivity index (χ1v) is 9.46. The summed E-state index contributed by atoms with van der Waals surface area (Å²) >= 11 is 1.94. The third-order valence-corrected chi connectivity index (χ3v) is 5.11. The zero-order valence-corrected chi connectivity index (χ0v) is 14.8. The number of piperidine rings is 1. The van der Waals surface area contributed by atoms with Gasteiger partial charge in [-0.15, -0.1) is 12.4 Å². The average molecular weight is 324 g/mol. The van der Waals surface area contributed by atoms with Crippen molar-refractivity contribution in [1.82, 2.24) is 4.90 Å². The number of halogens is 1. The van der Waals surface area contributed by atoms with Crippen LogP contribution < -0.4 is 0 Å². The lowest BCUT2D eigenvalue weighted by molar-refractivity contribution is 0.185. The first-order valence-electron chi connectivity index (χ1n) is 8.31. The predicted molar refractivity (Wildman–Crippen MR) is 94.2 cm³/mol. The van der Waals surface area contributed by atoms with Gasteiger partial charge in [-0.2, -0.15) is 11.8 Å². The van der Waals surface area contributed by atoms with Crippen LogP contribution in [0, 0.1) is 0 Å². The van der Waals surface area contributed by atoms with Gasteiger partial charge in [0.2, 0.25) is 0 Å². The predicted octanol–water partition coefficient (Wildman–Crippen LogP) is 4.35. The molecule has 4 heteroatoms. The second-order valence-electron chi connectivity index (χ2n) is 5.83. The fourth-order valence-corrected chi connectivity index (χ4v) is 3.62. The molecular weight excluding hydrogens is 290 g/mol. The monoisotopic (exact) mass is 323 g/mol. The van der Waals surface area contributed by atoms with Crippen molar-refractivity contribution in [3.05, 3.63) is 0 Å². The van der Waals surface area contributed by atoms with E-state index in [9.17, 15) is 5.11 Å². The van der Waals surface area contributed by atoms with Crippen LogP contribution in [-0.2, 0) is 0 Å². The van der Waals surface area contributed by atoms with Crippen LogP contribution >= 0.6 is 24.2 Å². The molecule has 0 spiro atoms. The maximum Gasteiger partial charge on any atom is 0.0630 e. The van der Waals surface area contributed by atoms with Crippen LogP contribution in [0.25, 0.3) is 0 Å². The van der Waals surface area contributed by atoms with E-state index in [0.717, 1.165) is 12.2 Å². The van der Waals surface area contributed by atoms with E-state index in [1.807, 2.05) is 11.8 Å². The summed E-state index contributed by atoms with van der Waals surface area (Å²) in [4.78, 5) is 2.60. The second kappa shape index (κ2) is 14.5. The molecule has 0 radical (unpaired) electrons. The van der Waals surface area contributed by atoms with E-state index in [1.165, 1.54) is 76.8 Å². The molecule has 1 fully saturated rings. The molecule has 1 saturated heterocycles. The molecular formula is C16H34ClNOS. The quantitative estimate of drug-likeness (QED) is 0.572. The van der Waals surface area contributed by atoms with E-state index >= 15 is 0 Å². The van der Waals surface area contributed by atoms with E-state index in [1.54, 1.807) is 0 Å². The molecule has 0 aliphatic carbocycles. The normalized spacial score (nSPS) is 17.7. The second-order valence-corrected chi connectivity index (χ2v) is 6.98. The summed E-state index contributed by atoms with van der Waals surface area (Å²) in [6.45, 7) is 6.11. The fraction of sp³-hybridized carbons (Fsp3) is 1.00. The minimum atomic E-state index is -0.0724. The van der Waals surface area contributed by atoms with Crippen molar-refractivity contribution in [3.63, 3.8) is 0 Å². The van der Waals surface area contributed by atoms with Crippen LogP contribution in [0.3, 0.4) is 0 Å². The number of unbranched alkanes of at least 4 members (excludes halogenated alkanes) is 3. The number of hydrogen-bond acceptors (Lipinski definition) is 3. The Balaban J connectivity index is 0.00000361. The number of thioether (sulfide) groups is 1. The summed E-state index contributed by atoms with van der Waals surface area (Å²) in [5.74, 6) is 2.15. The van der Waals surface area contributed by atoms with Crippen molar-refractivity contribution in [2.45, 2.75) is 70.8 Å². The van der Waals surface area contributed by atoms with Gasteiger partial charge >= 0.3 is 0 Å². The van der Waals surface area contributed by atoms with Crippen molar-refractivity contribution >= 4 is 24.2 Å². The lowest BCUT2D eigenvalue weighted by atomic mass is 10.1. The number of aliphatic hydroxyl groups is 1. The van der Waals surface area contributed by atoms with Crippen molar-refractivity contribution < 1.29 is 5.11 Å². The van der Waals surface area contributed by atoms with Crippen LogP contribution in [0.5, 0.6) is 0 Å². The molecule has 1 atom stereocenters. The number of rotatable bonds is 11. The third kappa shape index (κ3) is 11.2. The summed E-state index contributed by atoms with van der Waals surface area (Å²) in [6.07, 6.45) is 11.5. The van der Waals surface area contributed by atoms with E-state index in [-0.39, 0.29) is 18.5 Å². The highest BCUT2D eigenvalue weighted by atomic mass is 35.5. The van der Waals surface area contributed by atoms with Crippen LogP contribution in [0.1, 0.15) is 64.7 Å². The Morgan fingerprint density at radius 2 is 1.80 bits per heavy atom. The maximum atomic E-state index is 9.87. The van der Waals surface area contributed by atoms with Crippen LogP contribution in [0.15, 0.2) is 0 Å². The lowest BCUT2D eigenvalue weighted by Gasteiger charge is -2.26. The topological polar surface area (TPSA) is 23.5 Å². The number of aliphatic hydroxyl groups excluding tert-OH is 1. The Bertz CT molecular complexity index is 201. The van der Waals surface area contributed by atoms with Crippen molar-refractivity contribution in [2.75, 3.05) is 31.1 Å². The Hall–Kier alpha value is 0.560. The van der Waals surface area contributed by atoms with Gasteiger partial charge in [-0.25, -0.2) is 0 Å². The Morgan fingerprint density at radius 1 is 1.05 bits per heavy atom. The minimum absolute atomic E-state index is 0. The van der Waals surface area contributed by atoms with Crippen LogP contribution in [0.4, 0.5) is 0 Å². The molecule has 1 rings (SSSR count). The van der Waals surface area contributed by atoms with Gasteiger partial charge in [0.25, 0.3) is 0 Å². The molecule has 0 bridgehead atoms. The van der Waals surface area contributed by atoms with Crippen LogP contribution in [-0.4, -0.2) is 47.3 Å². The van der Waals surface area contributed by atoms with Gasteiger partial charge in [0.05, 0.1) is 6.10 Å². The lowest BCUT2D eigenvalue weighted by Crippen LogP contribution is -2.30. The van der Waals surface area contributed by atoms with E-state index < -0.39 is 0 Å². The summed E-state index contributed by atoms with van der Waals surface area (Å²) in [5, 5.41) is 9.87. The summed E-state index contributed by atoms with van der Waals surface area (Å²) in [6, 6.07) is 0. The summed E-state index contributed by atoms with van der Waals surface area (Å²) in [5.41, 5.74) is 0. The Labute approximate surface area is 136 Å². The largest absolute Gasteiger partial charge is 0.392 e. The molecule has 1 aliphatic rings. The molecule has 122 valence electrons. The van der Waals surface area contributed by atoms with Gasteiger partial charge in [0.15, 0.2) is 0 Å². The Kier molecular flexibility index (Phi) is 14.9. The Morgan fingerprint density at radius 3 is 2.50 bits per heavy atom. The first-order chi connectivity index (χ1) is 9.33. The molecule has 0 aromatic carbocycles. The number of nitrogens with zero attached hydrogens (tertiary/aromatic N) is 1. The van der Waals surface area contributed by atoms with Gasteiger partial charge in [-0.1, -0.05) is 39.0 Å². The molecule has 2 nitrogen and oxygen atoms in total. The molecule has 1 heterocycles. The molecule has 0 aromatic heterocycles. The van der Waals surface area contributed by atoms with Gasteiger partial charge in [-0.05, 0) is 51.1 Å². The van der Waals surface area contributed by atoms with Gasteiger partial charge in [0.1, 0.15) is 0 Å². The highest BCUT2D eigenvalue weighted by Crippen LogP contribution is 2.13. The molecule has 20 heavy (non-hydrogen) atoms. The molecule has 1 aliphatic heterocycles. The zero-order chi connectivity index (χ0) is 13.8. The van der Waals surface area contributed by atoms with Crippen molar-refractivity contribution in [1.29, 1.82) is 0 Å². The average Bonchev–Trinajstić information content (AvgIpc) is 2.44. The fourth-order valence-electron chi connectivity index (χ4n) is 2.68. The summed E-state index contributed by atoms with van der Waals surface area (Å²) < 4.78 is 0. The van der Waals surface area contributed by atoms with Crippen molar-refractivity contribution in [2.24, 2.45) is 0 Å². The standard InChI is InChI=1S/C16H33NOS.ClH/c1-2-3-4-6-10-16(18)15-19-14-9-13-17-11-7-5-8-12-17;/h16,18H,2-15H2,1H3;1H. The number of likely N-dealkylation sites (tertiary alicyclic amines) is 1. The minimum Gasteiger partial charge on any atom is -0.392 e. The van der Waals surface area contributed by atoms with Crippen molar-refractivity contribution in [3.8, 4) is 0 Å². The van der Waals surface area contributed by atoms with E-state index in [2.05, 4.69) is 11.8 Å².